The number of nitrogens with zero attached hydrogens (tertiary/aromatic N) is 1. The second kappa shape index (κ2) is 6.19. The van der Waals surface area contributed by atoms with Crippen LogP contribution in [0.4, 0.5) is 0 Å². The van der Waals surface area contributed by atoms with Crippen LogP contribution < -0.4 is 5.73 Å². The topological polar surface area (TPSA) is 92.0 Å². The van der Waals surface area contributed by atoms with Crippen molar-refractivity contribution >= 4 is 5.97 Å². The number of hydrogen-bond donors (Lipinski definition) is 3. The van der Waals surface area contributed by atoms with Gasteiger partial charge in [0, 0.05) is 12.4 Å². The highest BCUT2D eigenvalue weighted by molar-refractivity contribution is 5.73. The van der Waals surface area contributed by atoms with E-state index in [9.17, 15) is 4.79 Å². The molecular weight excluding hydrogens is 170 g/mol. The molecule has 1 aromatic rings. The van der Waals surface area contributed by atoms with Crippen LogP contribution in [0.25, 0.3) is 0 Å². The van der Waals surface area contributed by atoms with Gasteiger partial charge in [0.1, 0.15) is 6.04 Å². The number of aromatic amines is 1. The molecule has 0 aromatic carbocycles. The Bertz CT molecular complexity index is 204. The number of carbonyl (C=O) groups is 1. The third kappa shape index (κ3) is 5.86. The largest absolute Gasteiger partial charge is 0.480 e. The van der Waals surface area contributed by atoms with Crippen molar-refractivity contribution in [2.24, 2.45) is 11.7 Å². The van der Waals surface area contributed by atoms with Crippen molar-refractivity contribution in [3.63, 3.8) is 0 Å². The molecule has 0 spiro atoms. The quantitative estimate of drug-likeness (QED) is 0.624. The summed E-state index contributed by atoms with van der Waals surface area (Å²) in [6.45, 7) is 3.55. The number of nitrogens with two attached hydrogens (primary N) is 1. The van der Waals surface area contributed by atoms with Crippen LogP contribution in [-0.4, -0.2) is 27.1 Å². The zero-order valence-electron chi connectivity index (χ0n) is 7.77. The lowest BCUT2D eigenvalue weighted by Gasteiger charge is -2.07. The maximum Gasteiger partial charge on any atom is 0.320 e. The van der Waals surface area contributed by atoms with E-state index in [-0.39, 0.29) is 5.92 Å². The molecule has 0 amide bonds. The van der Waals surface area contributed by atoms with Gasteiger partial charge in [0.25, 0.3) is 0 Å². The zero-order valence-corrected chi connectivity index (χ0v) is 7.77. The highest BCUT2D eigenvalue weighted by Crippen LogP contribution is 1.96. The van der Waals surface area contributed by atoms with Gasteiger partial charge in [-0.05, 0) is 5.92 Å². The van der Waals surface area contributed by atoms with Crippen molar-refractivity contribution in [2.45, 2.75) is 19.9 Å². The molecule has 0 saturated carbocycles. The maximum atomic E-state index is 10.0. The zero-order chi connectivity index (χ0) is 10.3. The molecule has 0 fully saturated rings. The smallest absolute Gasteiger partial charge is 0.320 e. The minimum atomic E-state index is -0.931. The van der Waals surface area contributed by atoms with Crippen molar-refractivity contribution < 1.29 is 9.90 Å². The number of carboxylic acids is 1. The average Bonchev–Trinajstić information content (AvgIpc) is 2.59. The number of aromatic nitrogens is 2. The summed E-state index contributed by atoms with van der Waals surface area (Å²) in [6.07, 6.45) is 5.08. The van der Waals surface area contributed by atoms with Gasteiger partial charge >= 0.3 is 5.97 Å². The first kappa shape index (κ1) is 11.6. The van der Waals surface area contributed by atoms with Gasteiger partial charge in [0.2, 0.25) is 0 Å². The number of carboxylic acid groups (broad SMARTS) is 1. The number of imidazole rings is 1. The summed E-state index contributed by atoms with van der Waals surface area (Å²) in [5.41, 5.74) is 5.16. The summed E-state index contributed by atoms with van der Waals surface area (Å²) in [5.74, 6) is -0.910. The number of rotatable bonds is 2. The summed E-state index contributed by atoms with van der Waals surface area (Å²) in [6, 6.07) is -0.713. The molecule has 1 atom stereocenters. The molecule has 0 radical (unpaired) electrons. The van der Waals surface area contributed by atoms with Crippen molar-refractivity contribution in [3.05, 3.63) is 18.7 Å². The van der Waals surface area contributed by atoms with Gasteiger partial charge in [-0.2, -0.15) is 0 Å². The first-order chi connectivity index (χ1) is 6.05. The standard InChI is InChI=1S/C5H11NO2.C3H4N2/c1-3(2)4(6)5(7)8;1-2-5-3-4-1/h3-4H,6H2,1-2H3,(H,7,8);1-3H,(H,4,5). The average molecular weight is 185 g/mol. The molecule has 1 aromatic heterocycles. The van der Waals surface area contributed by atoms with Crippen LogP contribution >= 0.6 is 0 Å². The van der Waals surface area contributed by atoms with Crippen LogP contribution in [-0.2, 0) is 4.79 Å². The normalized spacial score (nSPS) is 11.7. The second-order valence-corrected chi connectivity index (χ2v) is 2.87. The van der Waals surface area contributed by atoms with Crippen LogP contribution in [0.1, 0.15) is 13.8 Å². The highest BCUT2D eigenvalue weighted by Gasteiger charge is 2.14. The lowest BCUT2D eigenvalue weighted by Crippen LogP contribution is -2.34. The summed E-state index contributed by atoms with van der Waals surface area (Å²) in [5, 5.41) is 8.23. The Morgan fingerprint density at radius 1 is 1.62 bits per heavy atom. The predicted molar refractivity (Wildman–Crippen MR) is 49.0 cm³/mol. The lowest BCUT2D eigenvalue weighted by atomic mass is 10.1. The minimum absolute atomic E-state index is 0.0208. The number of H-pyrrole nitrogens is 1. The molecule has 0 bridgehead atoms. The van der Waals surface area contributed by atoms with Crippen molar-refractivity contribution in [2.75, 3.05) is 0 Å². The molecule has 0 aliphatic carbocycles. The first-order valence-corrected chi connectivity index (χ1v) is 3.96. The maximum absolute atomic E-state index is 10.0. The summed E-state index contributed by atoms with van der Waals surface area (Å²) < 4.78 is 0. The Balaban J connectivity index is 0.000000243. The predicted octanol–water partition coefficient (Wildman–Crippen LogP) is 0.464. The van der Waals surface area contributed by atoms with Gasteiger partial charge in [0.15, 0.2) is 0 Å². The van der Waals surface area contributed by atoms with E-state index in [0.29, 0.717) is 0 Å². The third-order valence-electron chi connectivity index (χ3n) is 1.41. The monoisotopic (exact) mass is 185 g/mol. The molecule has 0 aliphatic rings. The van der Waals surface area contributed by atoms with Crippen LogP contribution in [0.5, 0.6) is 0 Å². The Kier molecular flexibility index (Phi) is 5.54. The second-order valence-electron chi connectivity index (χ2n) is 2.87. The summed E-state index contributed by atoms with van der Waals surface area (Å²) >= 11 is 0. The fourth-order valence-electron chi connectivity index (χ4n) is 0.500. The van der Waals surface area contributed by atoms with E-state index in [1.807, 2.05) is 0 Å². The summed E-state index contributed by atoms with van der Waals surface area (Å²) in [7, 11) is 0. The molecule has 1 rings (SSSR count). The Morgan fingerprint density at radius 2 is 2.23 bits per heavy atom. The molecule has 4 N–H and O–H groups in total. The van der Waals surface area contributed by atoms with Crippen LogP contribution in [0.3, 0.4) is 0 Å². The SMILES string of the molecule is CC(C)C(N)C(=O)O.c1c[nH]cn1. The van der Waals surface area contributed by atoms with Gasteiger partial charge in [0.05, 0.1) is 6.33 Å². The molecule has 5 heteroatoms. The van der Waals surface area contributed by atoms with Gasteiger partial charge in [-0.15, -0.1) is 0 Å². The molecule has 1 heterocycles. The van der Waals surface area contributed by atoms with E-state index in [1.165, 1.54) is 0 Å². The third-order valence-corrected chi connectivity index (χ3v) is 1.41. The van der Waals surface area contributed by atoms with Crippen molar-refractivity contribution in [3.8, 4) is 0 Å². The Morgan fingerprint density at radius 3 is 2.31 bits per heavy atom. The van der Waals surface area contributed by atoms with Crippen LogP contribution in [0.15, 0.2) is 18.7 Å². The van der Waals surface area contributed by atoms with E-state index in [1.54, 1.807) is 32.6 Å². The van der Waals surface area contributed by atoms with Crippen LogP contribution in [0, 0.1) is 5.92 Å². The van der Waals surface area contributed by atoms with E-state index in [0.717, 1.165) is 0 Å². The summed E-state index contributed by atoms with van der Waals surface area (Å²) in [4.78, 5) is 16.4. The van der Waals surface area contributed by atoms with E-state index >= 15 is 0 Å². The Labute approximate surface area is 77.0 Å². The molecule has 13 heavy (non-hydrogen) atoms. The molecule has 5 nitrogen and oxygen atoms in total. The van der Waals surface area contributed by atoms with Crippen molar-refractivity contribution in [1.29, 1.82) is 0 Å². The van der Waals surface area contributed by atoms with E-state index in [4.69, 9.17) is 10.8 Å². The minimum Gasteiger partial charge on any atom is -0.480 e. The first-order valence-electron chi connectivity index (χ1n) is 3.96. The van der Waals surface area contributed by atoms with Gasteiger partial charge in [-0.25, -0.2) is 4.98 Å². The highest BCUT2D eigenvalue weighted by atomic mass is 16.4. The number of nitrogens with one attached hydrogen (secondary N) is 1. The lowest BCUT2D eigenvalue weighted by molar-refractivity contribution is -0.139. The van der Waals surface area contributed by atoms with Gasteiger partial charge < -0.3 is 15.8 Å². The number of aliphatic carboxylic acids is 1. The number of hydrogen-bond acceptors (Lipinski definition) is 3. The molecular formula is C8H15N3O2. The van der Waals surface area contributed by atoms with Crippen LogP contribution in [0.2, 0.25) is 0 Å². The van der Waals surface area contributed by atoms with E-state index in [2.05, 4.69) is 9.97 Å². The molecule has 0 saturated heterocycles. The fraction of sp³-hybridized carbons (Fsp3) is 0.500. The molecule has 74 valence electrons. The van der Waals surface area contributed by atoms with Gasteiger partial charge in [-0.1, -0.05) is 13.8 Å². The van der Waals surface area contributed by atoms with Crippen molar-refractivity contribution in [1.82, 2.24) is 9.97 Å². The fourth-order valence-corrected chi connectivity index (χ4v) is 0.500. The molecule has 1 unspecified atom stereocenters. The van der Waals surface area contributed by atoms with E-state index < -0.39 is 12.0 Å². The Hall–Kier alpha value is -1.36. The molecule has 0 aliphatic heterocycles. The van der Waals surface area contributed by atoms with Gasteiger partial charge in [-0.3, -0.25) is 4.79 Å².